The Morgan fingerprint density at radius 2 is 1.76 bits per heavy atom. The highest BCUT2D eigenvalue weighted by Gasteiger charge is 2.40. The summed E-state index contributed by atoms with van der Waals surface area (Å²) in [4.78, 5) is 10.6. The molecular formula is C22H16BrN3O3. The fraction of sp³-hybridized carbons (Fsp3) is 0.136. The smallest absolute Gasteiger partial charge is 0.269 e. The van der Waals surface area contributed by atoms with Crippen LogP contribution in [0.5, 0.6) is 5.75 Å². The highest BCUT2D eigenvalue weighted by molar-refractivity contribution is 9.10. The van der Waals surface area contributed by atoms with E-state index in [-0.39, 0.29) is 11.7 Å². The molecule has 2 atom stereocenters. The maximum absolute atomic E-state index is 11.0. The lowest BCUT2D eigenvalue weighted by atomic mass is 9.96. The van der Waals surface area contributed by atoms with Crippen LogP contribution < -0.4 is 4.74 Å². The third-order valence-electron chi connectivity index (χ3n) is 5.27. The Bertz CT molecular complexity index is 1110. The second-order valence-corrected chi connectivity index (χ2v) is 7.93. The SMILES string of the molecule is O=[N+]([O-])c1ccc([C@H]2Oc3ccccc3[C@H]3CC(c4ccc(Br)cc4)=NN32)cc1. The van der Waals surface area contributed by atoms with Crippen LogP contribution >= 0.6 is 15.9 Å². The monoisotopic (exact) mass is 449 g/mol. The molecule has 2 heterocycles. The van der Waals surface area contributed by atoms with Crippen molar-refractivity contribution in [3.63, 3.8) is 0 Å². The minimum Gasteiger partial charge on any atom is -0.464 e. The number of non-ortho nitro benzene ring substituents is 1. The maximum atomic E-state index is 11.0. The first-order valence-electron chi connectivity index (χ1n) is 9.22. The summed E-state index contributed by atoms with van der Waals surface area (Å²) in [7, 11) is 0. The van der Waals surface area contributed by atoms with Crippen molar-refractivity contribution in [3.05, 3.63) is 104 Å². The fourth-order valence-electron chi connectivity index (χ4n) is 3.83. The van der Waals surface area contributed by atoms with Crippen molar-refractivity contribution < 1.29 is 9.66 Å². The van der Waals surface area contributed by atoms with Gasteiger partial charge in [0.05, 0.1) is 16.7 Å². The Morgan fingerprint density at radius 1 is 1.03 bits per heavy atom. The van der Waals surface area contributed by atoms with Crippen molar-refractivity contribution in [1.29, 1.82) is 0 Å². The number of hydrogen-bond acceptors (Lipinski definition) is 5. The molecule has 0 aliphatic carbocycles. The number of benzene rings is 3. The van der Waals surface area contributed by atoms with Gasteiger partial charge in [-0.05, 0) is 35.9 Å². The number of ether oxygens (including phenoxy) is 1. The molecule has 0 bridgehead atoms. The molecule has 2 aliphatic heterocycles. The van der Waals surface area contributed by atoms with Gasteiger partial charge in [-0.3, -0.25) is 10.1 Å². The number of para-hydroxylation sites is 1. The van der Waals surface area contributed by atoms with Crippen LogP contribution in [0.4, 0.5) is 5.69 Å². The van der Waals surface area contributed by atoms with Crippen LogP contribution in [0.15, 0.2) is 82.4 Å². The van der Waals surface area contributed by atoms with Gasteiger partial charge in [-0.2, -0.15) is 5.10 Å². The first-order chi connectivity index (χ1) is 14.1. The normalized spacial score (nSPS) is 19.8. The number of hydrazone groups is 1. The molecule has 29 heavy (non-hydrogen) atoms. The summed E-state index contributed by atoms with van der Waals surface area (Å²) in [5.74, 6) is 0.823. The van der Waals surface area contributed by atoms with E-state index in [4.69, 9.17) is 9.84 Å². The summed E-state index contributed by atoms with van der Waals surface area (Å²) < 4.78 is 7.30. The van der Waals surface area contributed by atoms with Crippen LogP contribution in [0.2, 0.25) is 0 Å². The van der Waals surface area contributed by atoms with Crippen LogP contribution in [-0.4, -0.2) is 15.6 Å². The number of nitro benzene ring substituents is 1. The van der Waals surface area contributed by atoms with E-state index in [2.05, 4.69) is 34.1 Å². The molecule has 3 aromatic carbocycles. The minimum absolute atomic E-state index is 0.0544. The summed E-state index contributed by atoms with van der Waals surface area (Å²) in [6.45, 7) is 0. The van der Waals surface area contributed by atoms with Gasteiger partial charge in [-0.15, -0.1) is 0 Å². The molecule has 0 unspecified atom stereocenters. The molecule has 0 amide bonds. The molecule has 0 saturated carbocycles. The Hall–Kier alpha value is -3.19. The summed E-state index contributed by atoms with van der Waals surface area (Å²) in [6.07, 6.45) is 0.328. The van der Waals surface area contributed by atoms with E-state index in [0.717, 1.165) is 39.0 Å². The number of hydrogen-bond donors (Lipinski definition) is 0. The third-order valence-corrected chi connectivity index (χ3v) is 5.79. The molecule has 2 aliphatic rings. The minimum atomic E-state index is -0.441. The number of halogens is 1. The first kappa shape index (κ1) is 17.9. The average Bonchev–Trinajstić information content (AvgIpc) is 3.19. The van der Waals surface area contributed by atoms with Gasteiger partial charge in [-0.1, -0.05) is 46.3 Å². The Labute approximate surface area is 175 Å². The molecule has 0 fully saturated rings. The second-order valence-electron chi connectivity index (χ2n) is 7.01. The molecule has 7 heteroatoms. The predicted molar refractivity (Wildman–Crippen MR) is 113 cm³/mol. The van der Waals surface area contributed by atoms with Gasteiger partial charge >= 0.3 is 0 Å². The highest BCUT2D eigenvalue weighted by atomic mass is 79.9. The van der Waals surface area contributed by atoms with Gasteiger partial charge in [-0.25, -0.2) is 5.01 Å². The molecule has 0 aromatic heterocycles. The summed E-state index contributed by atoms with van der Waals surface area (Å²) in [5.41, 5.74) is 4.05. The third kappa shape index (κ3) is 3.17. The lowest BCUT2D eigenvalue weighted by molar-refractivity contribution is -0.384. The van der Waals surface area contributed by atoms with Crippen LogP contribution in [-0.2, 0) is 0 Å². The van der Waals surface area contributed by atoms with Crippen molar-refractivity contribution in [2.75, 3.05) is 0 Å². The van der Waals surface area contributed by atoms with Crippen molar-refractivity contribution in [2.24, 2.45) is 5.10 Å². The molecule has 6 nitrogen and oxygen atoms in total. The number of nitro groups is 1. The molecule has 0 N–H and O–H groups in total. The molecular weight excluding hydrogens is 434 g/mol. The van der Waals surface area contributed by atoms with E-state index in [1.807, 2.05) is 35.3 Å². The van der Waals surface area contributed by atoms with Crippen LogP contribution in [0.25, 0.3) is 0 Å². The van der Waals surface area contributed by atoms with Crippen molar-refractivity contribution in [1.82, 2.24) is 5.01 Å². The van der Waals surface area contributed by atoms with E-state index in [9.17, 15) is 10.1 Å². The molecule has 3 aromatic rings. The van der Waals surface area contributed by atoms with Crippen molar-refractivity contribution in [3.8, 4) is 5.75 Å². The standard InChI is InChI=1S/C22H16BrN3O3/c23-16-9-5-14(6-10-16)19-13-20-18-3-1-2-4-21(18)29-22(25(20)24-19)15-7-11-17(12-8-15)26(27)28/h1-12,20,22H,13H2/t20-,22-/m1/s1. The van der Waals surface area contributed by atoms with Gasteiger partial charge in [0.25, 0.3) is 5.69 Å². The number of fused-ring (bicyclic) bond motifs is 3. The van der Waals surface area contributed by atoms with E-state index >= 15 is 0 Å². The van der Waals surface area contributed by atoms with Crippen LogP contribution in [0, 0.1) is 10.1 Å². The maximum Gasteiger partial charge on any atom is 0.269 e. The topological polar surface area (TPSA) is 68.0 Å². The van der Waals surface area contributed by atoms with Gasteiger partial charge < -0.3 is 4.74 Å². The van der Waals surface area contributed by atoms with E-state index in [0.29, 0.717) is 0 Å². The lowest BCUT2D eigenvalue weighted by Crippen LogP contribution is -2.33. The zero-order valence-electron chi connectivity index (χ0n) is 15.2. The summed E-state index contributed by atoms with van der Waals surface area (Å²) >= 11 is 3.47. The Balaban J connectivity index is 1.56. The van der Waals surface area contributed by atoms with E-state index in [1.54, 1.807) is 12.1 Å². The average molecular weight is 450 g/mol. The Morgan fingerprint density at radius 3 is 2.48 bits per heavy atom. The van der Waals surface area contributed by atoms with E-state index in [1.165, 1.54) is 12.1 Å². The number of nitrogens with zero attached hydrogens (tertiary/aromatic N) is 3. The first-order valence-corrected chi connectivity index (χ1v) is 10.0. The zero-order valence-corrected chi connectivity index (χ0v) is 16.8. The molecule has 5 rings (SSSR count). The fourth-order valence-corrected chi connectivity index (χ4v) is 4.10. The summed E-state index contributed by atoms with van der Waals surface area (Å²) in [6, 6.07) is 22.6. The van der Waals surface area contributed by atoms with Gasteiger partial charge in [0, 0.05) is 34.2 Å². The van der Waals surface area contributed by atoms with Gasteiger partial charge in [0.15, 0.2) is 0 Å². The lowest BCUT2D eigenvalue weighted by Gasteiger charge is -2.38. The van der Waals surface area contributed by atoms with Crippen molar-refractivity contribution >= 4 is 27.3 Å². The quantitative estimate of drug-likeness (QED) is 0.385. The highest BCUT2D eigenvalue weighted by Crippen LogP contribution is 2.47. The molecule has 0 spiro atoms. The Kier molecular flexibility index (Phi) is 4.32. The van der Waals surface area contributed by atoms with Gasteiger partial charge in [0.1, 0.15) is 5.75 Å². The molecule has 0 saturated heterocycles. The van der Waals surface area contributed by atoms with Gasteiger partial charge in [0.2, 0.25) is 6.23 Å². The second kappa shape index (κ2) is 7.00. The van der Waals surface area contributed by atoms with Crippen molar-refractivity contribution in [2.45, 2.75) is 18.7 Å². The zero-order chi connectivity index (χ0) is 20.0. The van der Waals surface area contributed by atoms with Crippen LogP contribution in [0.3, 0.4) is 0 Å². The molecule has 144 valence electrons. The van der Waals surface area contributed by atoms with Crippen LogP contribution in [0.1, 0.15) is 35.4 Å². The largest absolute Gasteiger partial charge is 0.464 e. The summed E-state index contributed by atoms with van der Waals surface area (Å²) in [5, 5.41) is 17.9. The predicted octanol–water partition coefficient (Wildman–Crippen LogP) is 5.60. The number of rotatable bonds is 3. The van der Waals surface area contributed by atoms with E-state index < -0.39 is 11.2 Å². The molecule has 0 radical (unpaired) electrons.